The third-order valence-corrected chi connectivity index (χ3v) is 1.37. The summed E-state index contributed by atoms with van der Waals surface area (Å²) in [4.78, 5) is 14.7. The highest BCUT2D eigenvalue weighted by Crippen LogP contribution is 2.00. The van der Waals surface area contributed by atoms with E-state index in [1.807, 2.05) is 6.92 Å². The molecule has 4 heteroatoms. The van der Waals surface area contributed by atoms with Crippen LogP contribution in [0.4, 0.5) is 4.39 Å². The molecule has 13 heavy (non-hydrogen) atoms. The summed E-state index contributed by atoms with van der Waals surface area (Å²) in [5, 5.41) is 0. The highest BCUT2D eigenvalue weighted by Gasteiger charge is 2.07. The molecule has 3 nitrogen and oxygen atoms in total. The second-order valence-electron chi connectivity index (χ2n) is 2.50. The molecule has 0 atom stereocenters. The van der Waals surface area contributed by atoms with Gasteiger partial charge in [-0.15, -0.1) is 0 Å². The number of aromatic nitrogens is 1. The Morgan fingerprint density at radius 2 is 2.38 bits per heavy atom. The van der Waals surface area contributed by atoms with E-state index in [1.165, 1.54) is 12.1 Å². The summed E-state index contributed by atoms with van der Waals surface area (Å²) in [5.74, 6) is -0.978. The molecule has 1 aromatic rings. The van der Waals surface area contributed by atoms with Gasteiger partial charge in [0, 0.05) is 0 Å². The molecule has 0 amide bonds. The van der Waals surface area contributed by atoms with Crippen LogP contribution >= 0.6 is 0 Å². The Labute approximate surface area is 75.6 Å². The minimum absolute atomic E-state index is 0.134. The summed E-state index contributed by atoms with van der Waals surface area (Å²) in [6, 6.07) is 2.48. The van der Waals surface area contributed by atoms with Crippen LogP contribution in [0.5, 0.6) is 0 Å². The Balaban J connectivity index is 2.61. The van der Waals surface area contributed by atoms with E-state index in [1.54, 1.807) is 0 Å². The van der Waals surface area contributed by atoms with Gasteiger partial charge in [-0.05, 0) is 18.6 Å². The standard InChI is InChI=1S/C9H10FNO2/c1-2-5-13-9(12)8-4-3-7(10)6-11-8/h3-4,6H,2,5H2,1H3. The van der Waals surface area contributed by atoms with Crippen LogP contribution in [0, 0.1) is 5.82 Å². The van der Waals surface area contributed by atoms with E-state index in [-0.39, 0.29) is 5.69 Å². The maximum Gasteiger partial charge on any atom is 0.356 e. The molecule has 0 N–H and O–H groups in total. The summed E-state index contributed by atoms with van der Waals surface area (Å²) in [6.45, 7) is 2.25. The minimum Gasteiger partial charge on any atom is -0.461 e. The molecule has 0 aliphatic rings. The molecule has 0 saturated carbocycles. The van der Waals surface area contributed by atoms with E-state index in [4.69, 9.17) is 4.74 Å². The first kappa shape index (κ1) is 9.64. The smallest absolute Gasteiger partial charge is 0.356 e. The Kier molecular flexibility index (Phi) is 3.37. The van der Waals surface area contributed by atoms with E-state index in [9.17, 15) is 9.18 Å². The first-order valence-electron chi connectivity index (χ1n) is 4.02. The lowest BCUT2D eigenvalue weighted by Crippen LogP contribution is -2.07. The SMILES string of the molecule is CCCOC(=O)c1ccc(F)cn1. The number of carbonyl (C=O) groups is 1. The minimum atomic E-state index is -0.512. The van der Waals surface area contributed by atoms with Crippen LogP contribution in [0.3, 0.4) is 0 Å². The highest BCUT2D eigenvalue weighted by atomic mass is 19.1. The summed E-state index contributed by atoms with van der Waals surface area (Å²) in [5.41, 5.74) is 0.134. The molecule has 0 aliphatic heterocycles. The van der Waals surface area contributed by atoms with Crippen molar-refractivity contribution in [2.24, 2.45) is 0 Å². The van der Waals surface area contributed by atoms with Crippen molar-refractivity contribution in [2.45, 2.75) is 13.3 Å². The lowest BCUT2D eigenvalue weighted by molar-refractivity contribution is 0.0498. The topological polar surface area (TPSA) is 39.2 Å². The van der Waals surface area contributed by atoms with Crippen molar-refractivity contribution in [3.05, 3.63) is 29.8 Å². The van der Waals surface area contributed by atoms with Gasteiger partial charge < -0.3 is 4.74 Å². The van der Waals surface area contributed by atoms with Gasteiger partial charge in [-0.25, -0.2) is 14.2 Å². The van der Waals surface area contributed by atoms with Gasteiger partial charge in [-0.1, -0.05) is 6.92 Å². The van der Waals surface area contributed by atoms with Gasteiger partial charge in [-0.2, -0.15) is 0 Å². The van der Waals surface area contributed by atoms with Crippen LogP contribution in [0.1, 0.15) is 23.8 Å². The van der Waals surface area contributed by atoms with Crippen LogP contribution < -0.4 is 0 Å². The summed E-state index contributed by atoms with van der Waals surface area (Å²) < 4.78 is 17.2. The molecule has 0 fully saturated rings. The van der Waals surface area contributed by atoms with Crippen molar-refractivity contribution < 1.29 is 13.9 Å². The van der Waals surface area contributed by atoms with Crippen molar-refractivity contribution in [1.29, 1.82) is 0 Å². The normalized spacial score (nSPS) is 9.69. The molecule has 70 valence electrons. The fraction of sp³-hybridized carbons (Fsp3) is 0.333. The number of hydrogen-bond acceptors (Lipinski definition) is 3. The van der Waals surface area contributed by atoms with E-state index in [0.29, 0.717) is 6.61 Å². The average Bonchev–Trinajstić information content (AvgIpc) is 2.15. The zero-order valence-corrected chi connectivity index (χ0v) is 7.29. The van der Waals surface area contributed by atoms with Crippen LogP contribution in [0.25, 0.3) is 0 Å². The Morgan fingerprint density at radius 3 is 2.92 bits per heavy atom. The average molecular weight is 183 g/mol. The lowest BCUT2D eigenvalue weighted by atomic mass is 10.3. The molecule has 1 rings (SSSR count). The fourth-order valence-electron chi connectivity index (χ4n) is 0.765. The number of pyridine rings is 1. The third-order valence-electron chi connectivity index (χ3n) is 1.37. The Morgan fingerprint density at radius 1 is 1.62 bits per heavy atom. The second-order valence-corrected chi connectivity index (χ2v) is 2.50. The zero-order chi connectivity index (χ0) is 9.68. The van der Waals surface area contributed by atoms with Gasteiger partial charge >= 0.3 is 5.97 Å². The molecule has 0 spiro atoms. The number of halogens is 1. The molecule has 0 saturated heterocycles. The van der Waals surface area contributed by atoms with Gasteiger partial charge in [0.1, 0.15) is 11.5 Å². The van der Waals surface area contributed by atoms with Gasteiger partial charge in [0.15, 0.2) is 0 Å². The zero-order valence-electron chi connectivity index (χ0n) is 7.29. The van der Waals surface area contributed by atoms with Crippen molar-refractivity contribution >= 4 is 5.97 Å². The van der Waals surface area contributed by atoms with Crippen LogP contribution in [0.15, 0.2) is 18.3 Å². The van der Waals surface area contributed by atoms with Gasteiger partial charge in [0.25, 0.3) is 0 Å². The molecule has 0 aromatic carbocycles. The van der Waals surface area contributed by atoms with Crippen molar-refractivity contribution in [1.82, 2.24) is 4.98 Å². The van der Waals surface area contributed by atoms with Crippen LogP contribution in [-0.4, -0.2) is 17.6 Å². The van der Waals surface area contributed by atoms with Crippen molar-refractivity contribution in [3.8, 4) is 0 Å². The predicted octanol–water partition coefficient (Wildman–Crippen LogP) is 1.79. The van der Waals surface area contributed by atoms with Crippen molar-refractivity contribution in [2.75, 3.05) is 6.61 Å². The Hall–Kier alpha value is -1.45. The summed E-state index contributed by atoms with van der Waals surface area (Å²) >= 11 is 0. The predicted molar refractivity (Wildman–Crippen MR) is 44.8 cm³/mol. The molecule has 1 aromatic heterocycles. The summed E-state index contributed by atoms with van der Waals surface area (Å²) in [6.07, 6.45) is 1.75. The number of nitrogens with zero attached hydrogens (tertiary/aromatic N) is 1. The number of ether oxygens (including phenoxy) is 1. The number of esters is 1. The summed E-state index contributed by atoms with van der Waals surface area (Å²) in [7, 11) is 0. The van der Waals surface area contributed by atoms with E-state index < -0.39 is 11.8 Å². The maximum absolute atomic E-state index is 12.4. The largest absolute Gasteiger partial charge is 0.461 e. The van der Waals surface area contributed by atoms with Crippen molar-refractivity contribution in [3.63, 3.8) is 0 Å². The fourth-order valence-corrected chi connectivity index (χ4v) is 0.765. The number of hydrogen-bond donors (Lipinski definition) is 0. The molecule has 0 radical (unpaired) electrons. The van der Waals surface area contributed by atoms with Gasteiger partial charge in [-0.3, -0.25) is 0 Å². The lowest BCUT2D eigenvalue weighted by Gasteiger charge is -2.00. The molecule has 1 heterocycles. The first-order valence-corrected chi connectivity index (χ1v) is 4.02. The third kappa shape index (κ3) is 2.82. The maximum atomic E-state index is 12.4. The van der Waals surface area contributed by atoms with Crippen LogP contribution in [0.2, 0.25) is 0 Å². The molecule has 0 bridgehead atoms. The molecule has 0 aliphatic carbocycles. The number of carbonyl (C=O) groups excluding carboxylic acids is 1. The quantitative estimate of drug-likeness (QED) is 0.670. The van der Waals surface area contributed by atoms with Gasteiger partial charge in [0.05, 0.1) is 12.8 Å². The Bertz CT molecular complexity index is 284. The molecular weight excluding hydrogens is 173 g/mol. The number of rotatable bonds is 3. The van der Waals surface area contributed by atoms with Crippen LogP contribution in [-0.2, 0) is 4.74 Å². The monoisotopic (exact) mass is 183 g/mol. The molecular formula is C9H10FNO2. The van der Waals surface area contributed by atoms with E-state index in [0.717, 1.165) is 12.6 Å². The second kappa shape index (κ2) is 4.54. The van der Waals surface area contributed by atoms with E-state index >= 15 is 0 Å². The molecule has 0 unspecified atom stereocenters. The van der Waals surface area contributed by atoms with E-state index in [2.05, 4.69) is 4.98 Å². The highest BCUT2D eigenvalue weighted by molar-refractivity contribution is 5.87. The van der Waals surface area contributed by atoms with Gasteiger partial charge in [0.2, 0.25) is 0 Å². The first-order chi connectivity index (χ1) is 6.24.